The number of alkyl carbamates (subject to hydrolysis) is 1. The molecule has 1 rings (SSSR count). The lowest BCUT2D eigenvalue weighted by molar-refractivity contribution is -0.145. The molecule has 0 bridgehead atoms. The zero-order valence-electron chi connectivity index (χ0n) is 14.1. The monoisotopic (exact) mass is 321 g/mol. The van der Waals surface area contributed by atoms with Crippen LogP contribution in [0.25, 0.3) is 0 Å². The average molecular weight is 321 g/mol. The number of ketones is 1. The number of amides is 1. The Morgan fingerprint density at radius 3 is 2.13 bits per heavy atom. The number of rotatable bonds is 5. The largest absolute Gasteiger partial charge is 0.464 e. The van der Waals surface area contributed by atoms with E-state index in [1.165, 1.54) is 6.92 Å². The molecule has 0 aliphatic rings. The van der Waals surface area contributed by atoms with E-state index >= 15 is 0 Å². The third kappa shape index (κ3) is 6.10. The molecule has 1 atom stereocenters. The van der Waals surface area contributed by atoms with Gasteiger partial charge in [-0.3, -0.25) is 4.79 Å². The summed E-state index contributed by atoms with van der Waals surface area (Å²) < 4.78 is 10.2. The molecule has 0 fully saturated rings. The number of esters is 1. The van der Waals surface area contributed by atoms with Crippen molar-refractivity contribution in [3.05, 3.63) is 35.4 Å². The van der Waals surface area contributed by atoms with Gasteiger partial charge in [0.15, 0.2) is 11.8 Å². The van der Waals surface area contributed by atoms with Crippen molar-refractivity contribution >= 4 is 17.8 Å². The molecule has 6 nitrogen and oxygen atoms in total. The topological polar surface area (TPSA) is 81.7 Å². The van der Waals surface area contributed by atoms with E-state index < -0.39 is 23.7 Å². The molecule has 1 unspecified atom stereocenters. The van der Waals surface area contributed by atoms with Gasteiger partial charge in [-0.25, -0.2) is 9.59 Å². The molecule has 23 heavy (non-hydrogen) atoms. The maximum atomic E-state index is 12.1. The van der Waals surface area contributed by atoms with Crippen molar-refractivity contribution in [1.82, 2.24) is 5.32 Å². The van der Waals surface area contributed by atoms with Crippen LogP contribution in [0.15, 0.2) is 24.3 Å². The van der Waals surface area contributed by atoms with E-state index in [0.29, 0.717) is 11.1 Å². The zero-order valence-corrected chi connectivity index (χ0v) is 14.1. The molecule has 0 saturated carbocycles. The summed E-state index contributed by atoms with van der Waals surface area (Å²) in [5.74, 6) is -0.668. The van der Waals surface area contributed by atoms with Crippen LogP contribution in [-0.4, -0.2) is 30.1 Å². The Bertz CT molecular complexity index is 572. The van der Waals surface area contributed by atoms with Gasteiger partial charge < -0.3 is 14.8 Å². The zero-order chi connectivity index (χ0) is 17.6. The second kappa shape index (κ2) is 7.76. The molecule has 1 N–H and O–H groups in total. The SMILES string of the molecule is CCOC(=O)C(NC(=O)OC(C)(C)C)c1ccc(C(C)=O)cc1. The van der Waals surface area contributed by atoms with Crippen molar-refractivity contribution in [2.75, 3.05) is 6.61 Å². The number of nitrogens with one attached hydrogen (secondary N) is 1. The van der Waals surface area contributed by atoms with E-state index in [9.17, 15) is 14.4 Å². The van der Waals surface area contributed by atoms with Crippen molar-refractivity contribution in [1.29, 1.82) is 0 Å². The minimum atomic E-state index is -0.995. The lowest BCUT2D eigenvalue weighted by Gasteiger charge is -2.23. The second-order valence-electron chi connectivity index (χ2n) is 6.01. The van der Waals surface area contributed by atoms with Gasteiger partial charge in [0, 0.05) is 5.56 Å². The van der Waals surface area contributed by atoms with Gasteiger partial charge in [-0.1, -0.05) is 24.3 Å². The smallest absolute Gasteiger partial charge is 0.408 e. The van der Waals surface area contributed by atoms with Gasteiger partial charge in [-0.05, 0) is 40.2 Å². The molecule has 1 amide bonds. The average Bonchev–Trinajstić information content (AvgIpc) is 2.43. The third-order valence-electron chi connectivity index (χ3n) is 2.83. The highest BCUT2D eigenvalue weighted by molar-refractivity contribution is 5.94. The van der Waals surface area contributed by atoms with E-state index in [4.69, 9.17) is 9.47 Å². The molecule has 0 spiro atoms. The van der Waals surface area contributed by atoms with Crippen molar-refractivity contribution in [3.8, 4) is 0 Å². The van der Waals surface area contributed by atoms with Crippen molar-refractivity contribution < 1.29 is 23.9 Å². The van der Waals surface area contributed by atoms with Crippen LogP contribution in [0.3, 0.4) is 0 Å². The maximum absolute atomic E-state index is 12.1. The van der Waals surface area contributed by atoms with Crippen LogP contribution in [0.5, 0.6) is 0 Å². The number of carbonyl (C=O) groups excluding carboxylic acids is 3. The van der Waals surface area contributed by atoms with Crippen LogP contribution in [0.1, 0.15) is 56.6 Å². The Kier molecular flexibility index (Phi) is 6.30. The number of Topliss-reactive ketones (excluding diaryl/α,β-unsaturated/α-hetero) is 1. The van der Waals surface area contributed by atoms with Crippen LogP contribution in [0.4, 0.5) is 4.79 Å². The Hall–Kier alpha value is -2.37. The molecule has 0 heterocycles. The highest BCUT2D eigenvalue weighted by Gasteiger charge is 2.27. The number of hydrogen-bond acceptors (Lipinski definition) is 5. The van der Waals surface area contributed by atoms with Gasteiger partial charge in [-0.2, -0.15) is 0 Å². The van der Waals surface area contributed by atoms with E-state index in [2.05, 4.69) is 5.32 Å². The molecule has 0 radical (unpaired) electrons. The Morgan fingerprint density at radius 1 is 1.13 bits per heavy atom. The van der Waals surface area contributed by atoms with Gasteiger partial charge >= 0.3 is 12.1 Å². The second-order valence-corrected chi connectivity index (χ2v) is 6.01. The Balaban J connectivity index is 2.98. The summed E-state index contributed by atoms with van der Waals surface area (Å²) in [4.78, 5) is 35.4. The molecular weight excluding hydrogens is 298 g/mol. The predicted molar refractivity (Wildman–Crippen MR) is 85.2 cm³/mol. The van der Waals surface area contributed by atoms with Gasteiger partial charge in [0.2, 0.25) is 0 Å². The first-order valence-corrected chi connectivity index (χ1v) is 7.41. The van der Waals surface area contributed by atoms with Gasteiger partial charge in [0.1, 0.15) is 5.60 Å². The van der Waals surface area contributed by atoms with Gasteiger partial charge in [0.05, 0.1) is 6.61 Å². The molecule has 1 aromatic carbocycles. The minimum absolute atomic E-state index is 0.0793. The highest BCUT2D eigenvalue weighted by Crippen LogP contribution is 2.17. The molecule has 126 valence electrons. The summed E-state index contributed by atoms with van der Waals surface area (Å²) in [6.07, 6.45) is -0.716. The van der Waals surface area contributed by atoms with Crippen LogP contribution >= 0.6 is 0 Å². The number of ether oxygens (including phenoxy) is 2. The standard InChI is InChI=1S/C17H23NO5/c1-6-22-15(20)14(18-16(21)23-17(3,4)5)13-9-7-12(8-10-13)11(2)19/h7-10,14H,6H2,1-5H3,(H,18,21). The molecule has 0 aromatic heterocycles. The van der Waals surface area contributed by atoms with Crippen molar-refractivity contribution in [2.45, 2.75) is 46.3 Å². The summed E-state index contributed by atoms with van der Waals surface area (Å²) in [5.41, 5.74) is 0.356. The number of carbonyl (C=O) groups is 3. The summed E-state index contributed by atoms with van der Waals surface area (Å²) in [6.45, 7) is 8.52. The summed E-state index contributed by atoms with van der Waals surface area (Å²) in [7, 11) is 0. The van der Waals surface area contributed by atoms with E-state index in [0.717, 1.165) is 0 Å². The Labute approximate surface area is 136 Å². The lowest BCUT2D eigenvalue weighted by Crippen LogP contribution is -2.38. The summed E-state index contributed by atoms with van der Waals surface area (Å²) >= 11 is 0. The lowest BCUT2D eigenvalue weighted by atomic mass is 10.0. The fourth-order valence-corrected chi connectivity index (χ4v) is 1.84. The molecular formula is C17H23NO5. The summed E-state index contributed by atoms with van der Waals surface area (Å²) in [6, 6.07) is 5.41. The normalized spacial score (nSPS) is 12.2. The van der Waals surface area contributed by atoms with Gasteiger partial charge in [0.25, 0.3) is 0 Å². The van der Waals surface area contributed by atoms with E-state index in [-0.39, 0.29) is 12.4 Å². The first-order chi connectivity index (χ1) is 10.6. The quantitative estimate of drug-likeness (QED) is 0.666. The fraction of sp³-hybridized carbons (Fsp3) is 0.471. The Morgan fingerprint density at radius 2 is 1.70 bits per heavy atom. The molecule has 6 heteroatoms. The molecule has 0 saturated heterocycles. The number of benzene rings is 1. The van der Waals surface area contributed by atoms with Crippen LogP contribution in [0, 0.1) is 0 Å². The number of hydrogen-bond donors (Lipinski definition) is 1. The predicted octanol–water partition coefficient (Wildman–Crippen LogP) is 3.02. The molecule has 0 aliphatic carbocycles. The van der Waals surface area contributed by atoms with Gasteiger partial charge in [-0.15, -0.1) is 0 Å². The van der Waals surface area contributed by atoms with E-state index in [1.54, 1.807) is 52.0 Å². The first kappa shape index (κ1) is 18.7. The van der Waals surface area contributed by atoms with Crippen molar-refractivity contribution in [3.63, 3.8) is 0 Å². The van der Waals surface area contributed by atoms with Crippen LogP contribution < -0.4 is 5.32 Å². The highest BCUT2D eigenvalue weighted by atomic mass is 16.6. The van der Waals surface area contributed by atoms with Crippen LogP contribution in [-0.2, 0) is 14.3 Å². The van der Waals surface area contributed by atoms with E-state index in [1.807, 2.05) is 0 Å². The molecule has 0 aliphatic heterocycles. The minimum Gasteiger partial charge on any atom is -0.464 e. The first-order valence-electron chi connectivity index (χ1n) is 7.41. The summed E-state index contributed by atoms with van der Waals surface area (Å²) in [5, 5.41) is 2.50. The van der Waals surface area contributed by atoms with Crippen LogP contribution in [0.2, 0.25) is 0 Å². The molecule has 1 aromatic rings. The fourth-order valence-electron chi connectivity index (χ4n) is 1.84. The van der Waals surface area contributed by atoms with Crippen molar-refractivity contribution in [2.24, 2.45) is 0 Å². The maximum Gasteiger partial charge on any atom is 0.408 e. The third-order valence-corrected chi connectivity index (χ3v) is 2.83.